The number of carboxylic acids is 1. The molecule has 1 rings (SSSR count). The Kier molecular flexibility index (Phi) is 6.95. The second kappa shape index (κ2) is 7.96. The third-order valence-corrected chi connectivity index (χ3v) is 6.64. The van der Waals surface area contributed by atoms with Crippen LogP contribution in [0.5, 0.6) is 0 Å². The predicted octanol–water partition coefficient (Wildman–Crippen LogP) is 3.89. The van der Waals surface area contributed by atoms with E-state index in [4.69, 9.17) is 9.63 Å². The highest BCUT2D eigenvalue weighted by Crippen LogP contribution is 2.57. The van der Waals surface area contributed by atoms with Crippen LogP contribution in [0.25, 0.3) is 0 Å². The molecule has 0 saturated carbocycles. The molecule has 0 spiro atoms. The minimum atomic E-state index is -2.71. The molecule has 0 aromatic rings. The SMILES string of the molecule is CCCCCCCP1(=O)OCCCC1CC(=O)O. The van der Waals surface area contributed by atoms with Crippen molar-refractivity contribution in [2.45, 2.75) is 63.9 Å². The maximum Gasteiger partial charge on any atom is 0.304 e. The zero-order valence-electron chi connectivity index (χ0n) is 11.3. The molecule has 1 aliphatic heterocycles. The normalized spacial score (nSPS) is 28.2. The molecule has 106 valence electrons. The molecular formula is C13H25O4P. The molecule has 2 atom stereocenters. The highest BCUT2D eigenvalue weighted by Gasteiger charge is 2.37. The fourth-order valence-corrected chi connectivity index (χ4v) is 5.28. The molecule has 1 aliphatic rings. The Morgan fingerprint density at radius 3 is 2.72 bits per heavy atom. The van der Waals surface area contributed by atoms with Crippen LogP contribution >= 0.6 is 7.37 Å². The summed E-state index contributed by atoms with van der Waals surface area (Å²) in [5.74, 6) is -0.864. The average molecular weight is 276 g/mol. The van der Waals surface area contributed by atoms with Crippen molar-refractivity contribution < 1.29 is 19.0 Å². The fourth-order valence-electron chi connectivity index (χ4n) is 2.47. The highest BCUT2D eigenvalue weighted by atomic mass is 31.2. The largest absolute Gasteiger partial charge is 0.481 e. The van der Waals surface area contributed by atoms with E-state index in [1.807, 2.05) is 0 Å². The number of hydrogen-bond donors (Lipinski definition) is 1. The molecule has 0 aliphatic carbocycles. The van der Waals surface area contributed by atoms with E-state index in [9.17, 15) is 9.36 Å². The Labute approximate surface area is 110 Å². The van der Waals surface area contributed by atoms with E-state index in [0.29, 0.717) is 12.8 Å². The number of carbonyl (C=O) groups is 1. The van der Waals surface area contributed by atoms with Gasteiger partial charge in [0.15, 0.2) is 0 Å². The minimum absolute atomic E-state index is 0.00770. The summed E-state index contributed by atoms with van der Waals surface area (Å²) < 4.78 is 18.1. The third kappa shape index (κ3) is 5.11. The van der Waals surface area contributed by atoms with Crippen molar-refractivity contribution in [3.63, 3.8) is 0 Å². The summed E-state index contributed by atoms with van der Waals surface area (Å²) in [6, 6.07) is 0. The molecule has 1 heterocycles. The molecular weight excluding hydrogens is 251 g/mol. The minimum Gasteiger partial charge on any atom is -0.481 e. The number of rotatable bonds is 8. The van der Waals surface area contributed by atoms with Gasteiger partial charge in [0.25, 0.3) is 0 Å². The van der Waals surface area contributed by atoms with Gasteiger partial charge in [-0.2, -0.15) is 0 Å². The first-order valence-corrected chi connectivity index (χ1v) is 8.91. The van der Waals surface area contributed by atoms with Crippen LogP contribution in [-0.4, -0.2) is 29.5 Å². The van der Waals surface area contributed by atoms with Crippen LogP contribution in [0.1, 0.15) is 58.3 Å². The number of aliphatic carboxylic acids is 1. The predicted molar refractivity (Wildman–Crippen MR) is 72.5 cm³/mol. The van der Waals surface area contributed by atoms with Crippen LogP contribution in [0.15, 0.2) is 0 Å². The van der Waals surface area contributed by atoms with Crippen LogP contribution in [0.2, 0.25) is 0 Å². The third-order valence-electron chi connectivity index (χ3n) is 3.53. The molecule has 18 heavy (non-hydrogen) atoms. The van der Waals surface area contributed by atoms with Crippen molar-refractivity contribution in [1.29, 1.82) is 0 Å². The first-order valence-electron chi connectivity index (χ1n) is 7.03. The van der Waals surface area contributed by atoms with Gasteiger partial charge in [-0.25, -0.2) is 0 Å². The van der Waals surface area contributed by atoms with Crippen LogP contribution in [0.3, 0.4) is 0 Å². The van der Waals surface area contributed by atoms with Crippen LogP contribution in [0.4, 0.5) is 0 Å². The lowest BCUT2D eigenvalue weighted by atomic mass is 10.2. The van der Waals surface area contributed by atoms with Crippen LogP contribution < -0.4 is 0 Å². The molecule has 1 fully saturated rings. The lowest BCUT2D eigenvalue weighted by Crippen LogP contribution is -2.22. The smallest absolute Gasteiger partial charge is 0.304 e. The van der Waals surface area contributed by atoms with E-state index in [2.05, 4.69) is 6.92 Å². The highest BCUT2D eigenvalue weighted by molar-refractivity contribution is 7.59. The van der Waals surface area contributed by atoms with Gasteiger partial charge in [0.05, 0.1) is 13.0 Å². The molecule has 0 aromatic heterocycles. The van der Waals surface area contributed by atoms with Crippen molar-refractivity contribution in [2.75, 3.05) is 12.8 Å². The number of unbranched alkanes of at least 4 members (excludes halogenated alkanes) is 4. The van der Waals surface area contributed by atoms with Gasteiger partial charge >= 0.3 is 5.97 Å². The molecule has 0 radical (unpaired) electrons. The summed E-state index contributed by atoms with van der Waals surface area (Å²) >= 11 is 0. The van der Waals surface area contributed by atoms with Gasteiger partial charge in [-0.3, -0.25) is 9.36 Å². The van der Waals surface area contributed by atoms with E-state index in [-0.39, 0.29) is 12.1 Å². The number of carboxylic acid groups (broad SMARTS) is 1. The maximum atomic E-state index is 12.6. The van der Waals surface area contributed by atoms with Crippen molar-refractivity contribution in [1.82, 2.24) is 0 Å². The van der Waals surface area contributed by atoms with E-state index in [1.165, 1.54) is 19.3 Å². The van der Waals surface area contributed by atoms with Gasteiger partial charge in [0.1, 0.15) is 0 Å². The lowest BCUT2D eigenvalue weighted by Gasteiger charge is -2.31. The Hall–Kier alpha value is -0.340. The van der Waals surface area contributed by atoms with Crippen molar-refractivity contribution >= 4 is 13.3 Å². The second-order valence-electron chi connectivity index (χ2n) is 5.09. The zero-order chi connectivity index (χ0) is 13.4. The summed E-state index contributed by atoms with van der Waals surface area (Å²) in [7, 11) is -2.71. The summed E-state index contributed by atoms with van der Waals surface area (Å²) in [6.45, 7) is 2.69. The Balaban J connectivity index is 2.41. The molecule has 2 unspecified atom stereocenters. The van der Waals surface area contributed by atoms with E-state index < -0.39 is 13.3 Å². The Bertz CT molecular complexity index is 303. The van der Waals surface area contributed by atoms with Crippen LogP contribution in [0, 0.1) is 0 Å². The molecule has 0 bridgehead atoms. The average Bonchev–Trinajstić information content (AvgIpc) is 2.32. The van der Waals surface area contributed by atoms with Gasteiger partial charge in [-0.1, -0.05) is 32.6 Å². The van der Waals surface area contributed by atoms with Crippen LogP contribution in [-0.2, 0) is 13.9 Å². The quantitative estimate of drug-likeness (QED) is 0.539. The molecule has 1 N–H and O–H groups in total. The van der Waals surface area contributed by atoms with E-state index in [1.54, 1.807) is 0 Å². The van der Waals surface area contributed by atoms with Gasteiger partial charge in [-0.15, -0.1) is 0 Å². The molecule has 1 saturated heterocycles. The van der Waals surface area contributed by atoms with E-state index >= 15 is 0 Å². The Morgan fingerprint density at radius 1 is 1.33 bits per heavy atom. The maximum absolute atomic E-state index is 12.6. The molecule has 5 heteroatoms. The Morgan fingerprint density at radius 2 is 2.06 bits per heavy atom. The summed E-state index contributed by atoms with van der Waals surface area (Å²) in [4.78, 5) is 10.8. The first kappa shape index (κ1) is 15.7. The first-order chi connectivity index (χ1) is 8.58. The summed E-state index contributed by atoms with van der Waals surface area (Å²) in [6.07, 6.45) is 7.66. The summed E-state index contributed by atoms with van der Waals surface area (Å²) in [5.41, 5.74) is -0.255. The zero-order valence-corrected chi connectivity index (χ0v) is 12.2. The standard InChI is InChI=1S/C13H25O4P/c1-2-3-4-5-6-10-18(16)12(11-13(14)15)8-7-9-17-18/h12H,2-11H2,1H3,(H,14,15). The van der Waals surface area contributed by atoms with Crippen molar-refractivity contribution in [3.8, 4) is 0 Å². The molecule has 0 amide bonds. The van der Waals surface area contributed by atoms with Crippen molar-refractivity contribution in [2.24, 2.45) is 0 Å². The van der Waals surface area contributed by atoms with Gasteiger partial charge in [0, 0.05) is 11.8 Å². The topological polar surface area (TPSA) is 63.6 Å². The van der Waals surface area contributed by atoms with Gasteiger partial charge in [-0.05, 0) is 19.3 Å². The molecule has 0 aromatic carbocycles. The van der Waals surface area contributed by atoms with Gasteiger partial charge < -0.3 is 9.63 Å². The van der Waals surface area contributed by atoms with E-state index in [0.717, 1.165) is 25.7 Å². The monoisotopic (exact) mass is 276 g/mol. The second-order valence-corrected chi connectivity index (χ2v) is 7.98. The lowest BCUT2D eigenvalue weighted by molar-refractivity contribution is -0.137. The van der Waals surface area contributed by atoms with Gasteiger partial charge in [0.2, 0.25) is 7.37 Å². The molecule has 4 nitrogen and oxygen atoms in total. The van der Waals surface area contributed by atoms with Crippen molar-refractivity contribution in [3.05, 3.63) is 0 Å². The summed E-state index contributed by atoms with van der Waals surface area (Å²) in [5, 5.41) is 8.86. The fraction of sp³-hybridized carbons (Fsp3) is 0.923. The number of hydrogen-bond acceptors (Lipinski definition) is 3.